The molecule has 0 spiro atoms. The van der Waals surface area contributed by atoms with Crippen LogP contribution in [0.25, 0.3) is 11.3 Å². The zero-order valence-electron chi connectivity index (χ0n) is 23.1. The summed E-state index contributed by atoms with van der Waals surface area (Å²) in [7, 11) is 3.83. The molecule has 5 rings (SSSR count). The minimum absolute atomic E-state index is 0.00638. The highest BCUT2D eigenvalue weighted by atomic mass is 35.5. The number of rotatable bonds is 8. The quantitative estimate of drug-likeness (QED) is 0.233. The largest absolute Gasteiger partial charge is 0.353 e. The zero-order valence-corrected chi connectivity index (χ0v) is 23.9. The van der Waals surface area contributed by atoms with E-state index in [0.717, 1.165) is 22.6 Å². The lowest BCUT2D eigenvalue weighted by atomic mass is 9.97. The van der Waals surface area contributed by atoms with Crippen LogP contribution in [0, 0.1) is 18.6 Å². The van der Waals surface area contributed by atoms with Crippen molar-refractivity contribution < 1.29 is 18.4 Å². The van der Waals surface area contributed by atoms with Crippen LogP contribution in [0.3, 0.4) is 0 Å². The first-order valence-corrected chi connectivity index (χ1v) is 13.5. The molecule has 4 aromatic rings. The minimum atomic E-state index is -0.920. The van der Waals surface area contributed by atoms with Crippen LogP contribution < -0.4 is 20.9 Å². The van der Waals surface area contributed by atoms with Gasteiger partial charge in [-0.3, -0.25) is 4.79 Å². The van der Waals surface area contributed by atoms with E-state index in [-0.39, 0.29) is 24.2 Å². The predicted molar refractivity (Wildman–Crippen MR) is 159 cm³/mol. The topological polar surface area (TPSA) is 102 Å². The number of amides is 3. The number of anilines is 4. The molecule has 0 radical (unpaired) electrons. The highest BCUT2D eigenvalue weighted by Gasteiger charge is 2.34. The van der Waals surface area contributed by atoms with E-state index in [1.165, 1.54) is 6.07 Å². The second kappa shape index (κ2) is 12.1. The standard InChI is InChI=1S/C30H28ClF2N7O2/c1-17-10-11-18(28(41)36-20-7-4-6-19(31)15-20)14-21(17)25-22-16-35-30(42)40(26-23(32)8-5-9-24(26)33)27(22)38-29(37-25)34-12-13-39(2)3/h4-11,14-15H,12-13,16H2,1-3H3,(H,35,42)(H,36,41)(H,34,37,38). The zero-order chi connectivity index (χ0) is 30.0. The smallest absolute Gasteiger partial charge is 0.328 e. The molecule has 0 bridgehead atoms. The third-order valence-corrected chi connectivity index (χ3v) is 6.89. The van der Waals surface area contributed by atoms with Gasteiger partial charge in [0, 0.05) is 40.5 Å². The van der Waals surface area contributed by atoms with Crippen LogP contribution in [0.4, 0.5) is 36.7 Å². The summed E-state index contributed by atoms with van der Waals surface area (Å²) in [6.07, 6.45) is 0. The Morgan fingerprint density at radius 1 is 1.07 bits per heavy atom. The summed E-state index contributed by atoms with van der Waals surface area (Å²) < 4.78 is 29.9. The van der Waals surface area contributed by atoms with Crippen molar-refractivity contribution in [3.05, 3.63) is 94.0 Å². The first-order chi connectivity index (χ1) is 20.1. The van der Waals surface area contributed by atoms with E-state index < -0.39 is 23.4 Å². The van der Waals surface area contributed by atoms with Crippen molar-refractivity contribution >= 4 is 46.7 Å². The van der Waals surface area contributed by atoms with E-state index in [1.54, 1.807) is 42.5 Å². The minimum Gasteiger partial charge on any atom is -0.353 e. The van der Waals surface area contributed by atoms with E-state index >= 15 is 0 Å². The van der Waals surface area contributed by atoms with Gasteiger partial charge in [0.15, 0.2) is 5.82 Å². The summed E-state index contributed by atoms with van der Waals surface area (Å²) in [6.45, 7) is 2.98. The molecule has 3 aromatic carbocycles. The molecule has 9 nitrogen and oxygen atoms in total. The molecule has 1 aliphatic rings. The molecule has 0 fully saturated rings. The summed E-state index contributed by atoms with van der Waals surface area (Å²) in [5.74, 6) is -2.01. The molecule has 42 heavy (non-hydrogen) atoms. The van der Waals surface area contributed by atoms with Gasteiger partial charge < -0.3 is 20.9 Å². The lowest BCUT2D eigenvalue weighted by molar-refractivity contribution is 0.102. The number of urea groups is 1. The van der Waals surface area contributed by atoms with Gasteiger partial charge in [-0.05, 0) is 69.0 Å². The normalized spacial score (nSPS) is 12.6. The van der Waals surface area contributed by atoms with Crippen LogP contribution in [0.15, 0.2) is 60.7 Å². The van der Waals surface area contributed by atoms with Crippen molar-refractivity contribution in [3.63, 3.8) is 0 Å². The molecule has 0 aliphatic carbocycles. The number of benzene rings is 3. The molecular formula is C30H28ClF2N7O2. The highest BCUT2D eigenvalue weighted by Crippen LogP contribution is 2.39. The Labute approximate surface area is 246 Å². The second-order valence-electron chi connectivity index (χ2n) is 9.99. The maximum atomic E-state index is 14.9. The summed E-state index contributed by atoms with van der Waals surface area (Å²) >= 11 is 6.07. The number of nitrogens with one attached hydrogen (secondary N) is 3. The van der Waals surface area contributed by atoms with E-state index in [1.807, 2.05) is 25.9 Å². The van der Waals surface area contributed by atoms with Crippen LogP contribution in [-0.4, -0.2) is 54.0 Å². The summed E-state index contributed by atoms with van der Waals surface area (Å²) in [5.41, 5.74) is 2.55. The molecule has 3 amide bonds. The van der Waals surface area contributed by atoms with Crippen LogP contribution >= 0.6 is 11.6 Å². The van der Waals surface area contributed by atoms with Gasteiger partial charge in [0.2, 0.25) is 5.95 Å². The Morgan fingerprint density at radius 2 is 1.81 bits per heavy atom. The number of fused-ring (bicyclic) bond motifs is 1. The highest BCUT2D eigenvalue weighted by molar-refractivity contribution is 6.31. The van der Waals surface area contributed by atoms with E-state index in [9.17, 15) is 18.4 Å². The number of hydrogen-bond acceptors (Lipinski definition) is 6. The molecule has 12 heteroatoms. The Morgan fingerprint density at radius 3 is 2.52 bits per heavy atom. The van der Waals surface area contributed by atoms with Crippen molar-refractivity contribution in [1.82, 2.24) is 20.2 Å². The third-order valence-electron chi connectivity index (χ3n) is 6.66. The van der Waals surface area contributed by atoms with Crippen molar-refractivity contribution in [2.75, 3.05) is 42.7 Å². The number of aromatic nitrogens is 2. The van der Waals surface area contributed by atoms with Crippen molar-refractivity contribution in [2.45, 2.75) is 13.5 Å². The Kier molecular flexibility index (Phi) is 8.32. The SMILES string of the molecule is Cc1ccc(C(=O)Nc2cccc(Cl)c2)cc1-c1nc(NCCN(C)C)nc2c1CNC(=O)N2c1c(F)cccc1F. The molecule has 1 aromatic heterocycles. The second-order valence-corrected chi connectivity index (χ2v) is 10.4. The summed E-state index contributed by atoms with van der Waals surface area (Å²) in [6, 6.07) is 14.6. The number of aryl methyl sites for hydroxylation is 1. The summed E-state index contributed by atoms with van der Waals surface area (Å²) in [4.78, 5) is 38.4. The number of halogens is 3. The van der Waals surface area contributed by atoms with Crippen molar-refractivity contribution in [1.29, 1.82) is 0 Å². The van der Waals surface area contributed by atoms with Crippen molar-refractivity contribution in [3.8, 4) is 11.3 Å². The lowest BCUT2D eigenvalue weighted by Gasteiger charge is -2.31. The maximum Gasteiger partial charge on any atom is 0.328 e. The molecule has 0 saturated heterocycles. The van der Waals surface area contributed by atoms with Gasteiger partial charge in [0.05, 0.1) is 12.2 Å². The monoisotopic (exact) mass is 591 g/mol. The van der Waals surface area contributed by atoms with E-state index in [4.69, 9.17) is 16.6 Å². The van der Waals surface area contributed by atoms with Gasteiger partial charge in [0.25, 0.3) is 5.91 Å². The molecule has 2 heterocycles. The molecule has 216 valence electrons. The average molecular weight is 592 g/mol. The Bertz CT molecular complexity index is 1660. The van der Waals surface area contributed by atoms with Crippen LogP contribution in [-0.2, 0) is 6.54 Å². The fourth-order valence-electron chi connectivity index (χ4n) is 4.55. The molecule has 1 aliphatic heterocycles. The van der Waals surface area contributed by atoms with Gasteiger partial charge in [-0.1, -0.05) is 29.8 Å². The van der Waals surface area contributed by atoms with Gasteiger partial charge >= 0.3 is 6.03 Å². The first kappa shape index (κ1) is 28.9. The molecule has 0 saturated carbocycles. The number of hydrogen-bond donors (Lipinski definition) is 3. The number of nitrogens with zero attached hydrogens (tertiary/aromatic N) is 4. The average Bonchev–Trinajstić information content (AvgIpc) is 2.93. The fourth-order valence-corrected chi connectivity index (χ4v) is 4.74. The number of carbonyl (C=O) groups excluding carboxylic acids is 2. The Hall–Kier alpha value is -4.61. The Balaban J connectivity index is 1.63. The first-order valence-electron chi connectivity index (χ1n) is 13.1. The van der Waals surface area contributed by atoms with Crippen LogP contribution in [0.2, 0.25) is 5.02 Å². The molecular weight excluding hydrogens is 564 g/mol. The molecule has 0 unspecified atom stereocenters. The van der Waals surface area contributed by atoms with Crippen LogP contribution in [0.1, 0.15) is 21.5 Å². The van der Waals surface area contributed by atoms with E-state index in [2.05, 4.69) is 20.9 Å². The lowest BCUT2D eigenvalue weighted by Crippen LogP contribution is -2.43. The van der Waals surface area contributed by atoms with Gasteiger partial charge in [0.1, 0.15) is 17.3 Å². The van der Waals surface area contributed by atoms with Gasteiger partial charge in [-0.2, -0.15) is 4.98 Å². The van der Waals surface area contributed by atoms with Gasteiger partial charge in [-0.25, -0.2) is 23.5 Å². The van der Waals surface area contributed by atoms with Crippen molar-refractivity contribution in [2.24, 2.45) is 0 Å². The molecule has 3 N–H and O–H groups in total. The van der Waals surface area contributed by atoms with Gasteiger partial charge in [-0.15, -0.1) is 0 Å². The van der Waals surface area contributed by atoms with E-state index in [0.29, 0.717) is 46.2 Å². The predicted octanol–water partition coefficient (Wildman–Crippen LogP) is 5.97. The number of para-hydroxylation sites is 1. The summed E-state index contributed by atoms with van der Waals surface area (Å²) in [5, 5.41) is 9.14. The third kappa shape index (κ3) is 6.02. The molecule has 0 atom stereocenters. The number of likely N-dealkylation sites (N-methyl/N-ethyl adjacent to an activating group) is 1. The maximum absolute atomic E-state index is 14.9. The fraction of sp³-hybridized carbons (Fsp3) is 0.200. The van der Waals surface area contributed by atoms with Crippen LogP contribution in [0.5, 0.6) is 0 Å². The number of carbonyl (C=O) groups is 2.